The van der Waals surface area contributed by atoms with Gasteiger partial charge in [-0.15, -0.1) is 0 Å². The Bertz CT molecular complexity index is 425. The van der Waals surface area contributed by atoms with Crippen molar-refractivity contribution >= 4 is 0 Å². The van der Waals surface area contributed by atoms with Crippen LogP contribution in [0.1, 0.15) is 30.9 Å². The average molecular weight is 247 g/mol. The number of rotatable bonds is 4. The molecule has 1 atom stereocenters. The van der Waals surface area contributed by atoms with Crippen LogP contribution in [-0.4, -0.2) is 25.4 Å². The lowest BCUT2D eigenvalue weighted by molar-refractivity contribution is 0.0207. The molecule has 1 N–H and O–H groups in total. The highest BCUT2D eigenvalue weighted by molar-refractivity contribution is 5.39. The normalized spacial score (nSPS) is 26.1. The minimum atomic E-state index is 0.0415. The molecule has 0 aliphatic carbocycles. The zero-order chi connectivity index (χ0) is 12.4. The molecule has 0 radical (unpaired) electrons. The van der Waals surface area contributed by atoms with Gasteiger partial charge in [-0.25, -0.2) is 0 Å². The zero-order valence-corrected chi connectivity index (χ0v) is 11.0. The van der Waals surface area contributed by atoms with Gasteiger partial charge in [0.05, 0.1) is 12.2 Å². The first kappa shape index (κ1) is 12.0. The average Bonchev–Trinajstić information content (AvgIpc) is 2.97. The third-order valence-electron chi connectivity index (χ3n) is 3.88. The molecule has 98 valence electrons. The number of benzene rings is 1. The summed E-state index contributed by atoms with van der Waals surface area (Å²) < 4.78 is 11.3. The van der Waals surface area contributed by atoms with Gasteiger partial charge in [0.2, 0.25) is 0 Å². The maximum Gasteiger partial charge on any atom is 0.122 e. The van der Waals surface area contributed by atoms with Gasteiger partial charge in [0.15, 0.2) is 0 Å². The molecule has 0 bridgehead atoms. The molecule has 0 saturated carbocycles. The van der Waals surface area contributed by atoms with E-state index in [2.05, 4.69) is 30.4 Å². The fourth-order valence-electron chi connectivity index (χ4n) is 2.80. The van der Waals surface area contributed by atoms with E-state index in [1.165, 1.54) is 17.5 Å². The number of nitrogens with one attached hydrogen (secondary N) is 1. The maximum atomic E-state index is 5.77. The Labute approximate surface area is 108 Å². The summed E-state index contributed by atoms with van der Waals surface area (Å²) in [6.45, 7) is 5.78. The molecule has 0 spiro atoms. The Kier molecular flexibility index (Phi) is 3.27. The summed E-state index contributed by atoms with van der Waals surface area (Å²) in [4.78, 5) is 0. The molecule has 3 heteroatoms. The molecular formula is C15H21NO2. The Hall–Kier alpha value is -1.06. The smallest absolute Gasteiger partial charge is 0.122 e. The van der Waals surface area contributed by atoms with Gasteiger partial charge < -0.3 is 14.8 Å². The second-order valence-corrected chi connectivity index (χ2v) is 5.55. The first-order chi connectivity index (χ1) is 8.75. The molecule has 2 heterocycles. The molecule has 1 aromatic carbocycles. The molecule has 2 aliphatic rings. The molecule has 1 fully saturated rings. The van der Waals surface area contributed by atoms with Gasteiger partial charge in [0.1, 0.15) is 5.75 Å². The lowest BCUT2D eigenvalue weighted by Gasteiger charge is -2.23. The van der Waals surface area contributed by atoms with Gasteiger partial charge in [-0.05, 0) is 37.0 Å². The van der Waals surface area contributed by atoms with Crippen molar-refractivity contribution in [2.45, 2.75) is 38.3 Å². The summed E-state index contributed by atoms with van der Waals surface area (Å²) in [5, 5.41) is 3.51. The van der Waals surface area contributed by atoms with Crippen molar-refractivity contribution in [1.82, 2.24) is 5.32 Å². The quantitative estimate of drug-likeness (QED) is 0.885. The van der Waals surface area contributed by atoms with E-state index in [1.807, 2.05) is 0 Å². The zero-order valence-electron chi connectivity index (χ0n) is 11.0. The predicted molar refractivity (Wildman–Crippen MR) is 70.9 cm³/mol. The minimum Gasteiger partial charge on any atom is -0.493 e. The van der Waals surface area contributed by atoms with Crippen molar-refractivity contribution < 1.29 is 9.47 Å². The number of hydrogen-bond acceptors (Lipinski definition) is 3. The van der Waals surface area contributed by atoms with Gasteiger partial charge in [-0.2, -0.15) is 0 Å². The van der Waals surface area contributed by atoms with Crippen LogP contribution in [0.15, 0.2) is 18.2 Å². The van der Waals surface area contributed by atoms with Gasteiger partial charge in [0.25, 0.3) is 0 Å². The summed E-state index contributed by atoms with van der Waals surface area (Å²) in [6, 6.07) is 6.50. The van der Waals surface area contributed by atoms with Crippen LogP contribution in [0, 0.1) is 0 Å². The lowest BCUT2D eigenvalue weighted by Crippen LogP contribution is -2.36. The molecule has 1 aromatic rings. The van der Waals surface area contributed by atoms with Crippen molar-refractivity contribution in [2.24, 2.45) is 0 Å². The molecule has 2 aliphatic heterocycles. The van der Waals surface area contributed by atoms with Crippen LogP contribution in [0.4, 0.5) is 0 Å². The molecular weight excluding hydrogens is 226 g/mol. The van der Waals surface area contributed by atoms with Crippen LogP contribution >= 0.6 is 0 Å². The topological polar surface area (TPSA) is 30.5 Å². The van der Waals surface area contributed by atoms with Crippen LogP contribution in [-0.2, 0) is 17.7 Å². The van der Waals surface area contributed by atoms with Gasteiger partial charge in [-0.3, -0.25) is 0 Å². The molecule has 0 aromatic heterocycles. The van der Waals surface area contributed by atoms with E-state index in [4.69, 9.17) is 9.47 Å². The second kappa shape index (κ2) is 4.90. The van der Waals surface area contributed by atoms with Crippen LogP contribution in [0.5, 0.6) is 5.75 Å². The highest BCUT2D eigenvalue weighted by Crippen LogP contribution is 2.26. The molecule has 1 unspecified atom stereocenters. The predicted octanol–water partition coefficient (Wildman–Crippen LogP) is 2.28. The molecule has 1 saturated heterocycles. The Morgan fingerprint density at radius 2 is 2.28 bits per heavy atom. The second-order valence-electron chi connectivity index (χ2n) is 5.55. The summed E-state index contributed by atoms with van der Waals surface area (Å²) in [5.41, 5.74) is 2.72. The van der Waals surface area contributed by atoms with Crippen LogP contribution in [0.2, 0.25) is 0 Å². The Balaban J connectivity index is 1.54. The van der Waals surface area contributed by atoms with Crippen molar-refractivity contribution in [1.29, 1.82) is 0 Å². The van der Waals surface area contributed by atoms with Gasteiger partial charge >= 0.3 is 0 Å². The van der Waals surface area contributed by atoms with Crippen molar-refractivity contribution in [3.8, 4) is 5.75 Å². The number of ether oxygens (including phenoxy) is 2. The first-order valence-corrected chi connectivity index (χ1v) is 6.84. The van der Waals surface area contributed by atoms with E-state index in [0.29, 0.717) is 0 Å². The number of hydrogen-bond donors (Lipinski definition) is 1. The lowest BCUT2D eigenvalue weighted by atomic mass is 10.0. The van der Waals surface area contributed by atoms with E-state index in [1.54, 1.807) is 0 Å². The summed E-state index contributed by atoms with van der Waals surface area (Å²) >= 11 is 0. The summed E-state index contributed by atoms with van der Waals surface area (Å²) in [6.07, 6.45) is 3.40. The SMILES string of the molecule is CC1(CNCc2ccc3c(c2)CCO3)CCCO1. The standard InChI is InChI=1S/C15H21NO2/c1-15(6-2-7-18-15)11-16-10-12-3-4-14-13(9-12)5-8-17-14/h3-4,9,16H,2,5-8,10-11H2,1H3. The van der Waals surface area contributed by atoms with Crippen molar-refractivity contribution in [3.63, 3.8) is 0 Å². The van der Waals surface area contributed by atoms with E-state index in [0.717, 1.165) is 44.9 Å². The van der Waals surface area contributed by atoms with Gasteiger partial charge in [-0.1, -0.05) is 12.1 Å². The third-order valence-corrected chi connectivity index (χ3v) is 3.88. The molecule has 0 amide bonds. The van der Waals surface area contributed by atoms with Crippen molar-refractivity contribution in [2.75, 3.05) is 19.8 Å². The Morgan fingerprint density at radius 1 is 1.33 bits per heavy atom. The van der Waals surface area contributed by atoms with Crippen molar-refractivity contribution in [3.05, 3.63) is 29.3 Å². The third kappa shape index (κ3) is 2.52. The van der Waals surface area contributed by atoms with Crippen LogP contribution in [0.25, 0.3) is 0 Å². The maximum absolute atomic E-state index is 5.77. The van der Waals surface area contributed by atoms with E-state index in [9.17, 15) is 0 Å². The minimum absolute atomic E-state index is 0.0415. The summed E-state index contributed by atoms with van der Waals surface area (Å²) in [7, 11) is 0. The van der Waals surface area contributed by atoms with E-state index < -0.39 is 0 Å². The highest BCUT2D eigenvalue weighted by Gasteiger charge is 2.28. The molecule has 18 heavy (non-hydrogen) atoms. The van der Waals surface area contributed by atoms with Crippen LogP contribution < -0.4 is 10.1 Å². The first-order valence-electron chi connectivity index (χ1n) is 6.84. The fourth-order valence-corrected chi connectivity index (χ4v) is 2.80. The molecule has 3 nitrogen and oxygen atoms in total. The summed E-state index contributed by atoms with van der Waals surface area (Å²) in [5.74, 6) is 1.06. The largest absolute Gasteiger partial charge is 0.493 e. The van der Waals surface area contributed by atoms with Gasteiger partial charge in [0, 0.05) is 26.1 Å². The van der Waals surface area contributed by atoms with E-state index >= 15 is 0 Å². The fraction of sp³-hybridized carbons (Fsp3) is 0.600. The Morgan fingerprint density at radius 3 is 3.11 bits per heavy atom. The monoisotopic (exact) mass is 247 g/mol. The van der Waals surface area contributed by atoms with Crippen LogP contribution in [0.3, 0.4) is 0 Å². The number of fused-ring (bicyclic) bond motifs is 1. The highest BCUT2D eigenvalue weighted by atomic mass is 16.5. The van der Waals surface area contributed by atoms with E-state index in [-0.39, 0.29) is 5.60 Å². The molecule has 3 rings (SSSR count).